The second kappa shape index (κ2) is 7.00. The maximum atomic E-state index is 13.3. The third kappa shape index (κ3) is 3.15. The average Bonchev–Trinajstić information content (AvgIpc) is 2.63. The van der Waals surface area contributed by atoms with E-state index in [9.17, 15) is 9.18 Å². The molecule has 3 rings (SSSR count). The predicted molar refractivity (Wildman–Crippen MR) is 88.8 cm³/mol. The fourth-order valence-corrected chi connectivity index (χ4v) is 2.44. The molecule has 0 unspecified atom stereocenters. The number of nitrogens with zero attached hydrogens (tertiary/aromatic N) is 2. The number of halogens is 1. The van der Waals surface area contributed by atoms with Gasteiger partial charge in [0.1, 0.15) is 12.1 Å². The molecule has 0 saturated heterocycles. The third-order valence-electron chi connectivity index (χ3n) is 3.50. The number of rotatable bonds is 4. The molecular weight excluding hydrogens is 307 g/mol. The Bertz CT molecular complexity index is 849. The molecule has 0 amide bonds. The summed E-state index contributed by atoms with van der Waals surface area (Å²) in [4.78, 5) is 20.7. The summed E-state index contributed by atoms with van der Waals surface area (Å²) in [6.45, 7) is 1.97. The molecule has 4 nitrogen and oxygen atoms in total. The lowest BCUT2D eigenvalue weighted by Gasteiger charge is -2.13. The van der Waals surface area contributed by atoms with E-state index in [0.29, 0.717) is 16.8 Å². The Balaban J connectivity index is 2.24. The molecule has 5 heteroatoms. The molecule has 0 aliphatic rings. The van der Waals surface area contributed by atoms with Gasteiger partial charge in [-0.15, -0.1) is 0 Å². The highest BCUT2D eigenvalue weighted by Gasteiger charge is 2.21. The van der Waals surface area contributed by atoms with Gasteiger partial charge in [0.2, 0.25) is 0 Å². The minimum absolute atomic E-state index is 0.164. The Labute approximate surface area is 139 Å². The van der Waals surface area contributed by atoms with Crippen molar-refractivity contribution in [2.45, 2.75) is 6.92 Å². The number of ether oxygens (including phenoxy) is 1. The normalized spacial score (nSPS) is 10.4. The molecule has 0 atom stereocenters. The van der Waals surface area contributed by atoms with Crippen molar-refractivity contribution >= 4 is 5.97 Å². The maximum Gasteiger partial charge on any atom is 0.357 e. The predicted octanol–water partition coefficient (Wildman–Crippen LogP) is 4.13. The van der Waals surface area contributed by atoms with E-state index in [1.54, 1.807) is 19.1 Å². The Hall–Kier alpha value is -3.08. The van der Waals surface area contributed by atoms with Gasteiger partial charge in [-0.1, -0.05) is 42.5 Å². The average molecular weight is 322 g/mol. The molecule has 120 valence electrons. The van der Waals surface area contributed by atoms with Crippen molar-refractivity contribution in [1.82, 2.24) is 9.97 Å². The summed E-state index contributed by atoms with van der Waals surface area (Å²) in [5.74, 6) is -0.883. The lowest BCUT2D eigenvalue weighted by molar-refractivity contribution is 0.0520. The van der Waals surface area contributed by atoms with Crippen LogP contribution in [0.4, 0.5) is 4.39 Å². The lowest BCUT2D eigenvalue weighted by Crippen LogP contribution is -2.10. The SMILES string of the molecule is CCOC(=O)c1ncnc(-c2ccccc2)c1-c1ccc(F)cc1. The first kappa shape index (κ1) is 15.8. The molecule has 0 saturated carbocycles. The van der Waals surface area contributed by atoms with E-state index in [1.807, 2.05) is 30.3 Å². The van der Waals surface area contributed by atoms with Crippen molar-refractivity contribution in [3.63, 3.8) is 0 Å². The molecule has 0 radical (unpaired) electrons. The minimum atomic E-state index is -0.531. The Morgan fingerprint density at radius 2 is 1.71 bits per heavy atom. The van der Waals surface area contributed by atoms with Gasteiger partial charge in [0, 0.05) is 11.1 Å². The summed E-state index contributed by atoms with van der Waals surface area (Å²) in [6, 6.07) is 15.3. The Morgan fingerprint density at radius 1 is 1.00 bits per heavy atom. The molecule has 0 bridgehead atoms. The smallest absolute Gasteiger partial charge is 0.357 e. The molecule has 0 spiro atoms. The Morgan fingerprint density at radius 3 is 2.38 bits per heavy atom. The van der Waals surface area contributed by atoms with Gasteiger partial charge in [0.15, 0.2) is 5.69 Å². The molecule has 1 aromatic heterocycles. The molecule has 0 fully saturated rings. The van der Waals surface area contributed by atoms with Crippen molar-refractivity contribution in [1.29, 1.82) is 0 Å². The molecular formula is C19H15FN2O2. The van der Waals surface area contributed by atoms with Gasteiger partial charge in [-0.3, -0.25) is 0 Å². The van der Waals surface area contributed by atoms with Crippen molar-refractivity contribution in [2.75, 3.05) is 6.61 Å². The summed E-state index contributed by atoms with van der Waals surface area (Å²) < 4.78 is 18.4. The van der Waals surface area contributed by atoms with Crippen LogP contribution < -0.4 is 0 Å². The molecule has 2 aromatic carbocycles. The quantitative estimate of drug-likeness (QED) is 0.678. The van der Waals surface area contributed by atoms with E-state index in [1.165, 1.54) is 18.5 Å². The number of benzene rings is 2. The molecule has 0 aliphatic carbocycles. The first-order valence-corrected chi connectivity index (χ1v) is 7.54. The maximum absolute atomic E-state index is 13.3. The fraction of sp³-hybridized carbons (Fsp3) is 0.105. The Kier molecular flexibility index (Phi) is 4.61. The molecule has 0 aliphatic heterocycles. The summed E-state index contributed by atoms with van der Waals surface area (Å²) in [7, 11) is 0. The van der Waals surface area contributed by atoms with E-state index in [0.717, 1.165) is 5.56 Å². The first-order valence-electron chi connectivity index (χ1n) is 7.54. The highest BCUT2D eigenvalue weighted by atomic mass is 19.1. The third-order valence-corrected chi connectivity index (χ3v) is 3.50. The number of carbonyl (C=O) groups excluding carboxylic acids is 1. The number of aromatic nitrogens is 2. The topological polar surface area (TPSA) is 52.1 Å². The lowest BCUT2D eigenvalue weighted by atomic mass is 9.97. The second-order valence-corrected chi connectivity index (χ2v) is 5.04. The summed E-state index contributed by atoms with van der Waals surface area (Å²) in [6.07, 6.45) is 1.33. The van der Waals surface area contributed by atoms with Crippen molar-refractivity contribution in [3.8, 4) is 22.4 Å². The highest BCUT2D eigenvalue weighted by molar-refractivity contribution is 5.99. The van der Waals surface area contributed by atoms with Gasteiger partial charge in [-0.05, 0) is 24.6 Å². The highest BCUT2D eigenvalue weighted by Crippen LogP contribution is 2.32. The minimum Gasteiger partial charge on any atom is -0.461 e. The zero-order valence-corrected chi connectivity index (χ0v) is 13.1. The van der Waals surface area contributed by atoms with Gasteiger partial charge in [-0.2, -0.15) is 0 Å². The fourth-order valence-electron chi connectivity index (χ4n) is 2.44. The zero-order valence-electron chi connectivity index (χ0n) is 13.1. The van der Waals surface area contributed by atoms with Crippen LogP contribution in [-0.2, 0) is 4.74 Å². The standard InChI is InChI=1S/C19H15FN2O2/c1-2-24-19(23)18-16(13-8-10-15(20)11-9-13)17(21-12-22-18)14-6-4-3-5-7-14/h3-12H,2H2,1H3. The van der Waals surface area contributed by atoms with E-state index in [-0.39, 0.29) is 18.1 Å². The van der Waals surface area contributed by atoms with Crippen LogP contribution in [-0.4, -0.2) is 22.5 Å². The van der Waals surface area contributed by atoms with E-state index >= 15 is 0 Å². The van der Waals surface area contributed by atoms with Crippen LogP contribution in [0.1, 0.15) is 17.4 Å². The van der Waals surface area contributed by atoms with Crippen LogP contribution in [0, 0.1) is 5.82 Å². The van der Waals surface area contributed by atoms with Gasteiger partial charge in [-0.25, -0.2) is 19.2 Å². The monoisotopic (exact) mass is 322 g/mol. The van der Waals surface area contributed by atoms with E-state index < -0.39 is 5.97 Å². The van der Waals surface area contributed by atoms with Crippen molar-refractivity contribution in [2.24, 2.45) is 0 Å². The summed E-state index contributed by atoms with van der Waals surface area (Å²) >= 11 is 0. The molecule has 0 N–H and O–H groups in total. The van der Waals surface area contributed by atoms with Crippen LogP contribution in [0.3, 0.4) is 0 Å². The summed E-state index contributed by atoms with van der Waals surface area (Å²) in [5, 5.41) is 0. The number of esters is 1. The molecule has 1 heterocycles. The van der Waals surface area contributed by atoms with Crippen LogP contribution in [0.2, 0.25) is 0 Å². The van der Waals surface area contributed by atoms with Crippen LogP contribution in [0.15, 0.2) is 60.9 Å². The van der Waals surface area contributed by atoms with Crippen molar-refractivity contribution in [3.05, 3.63) is 72.4 Å². The van der Waals surface area contributed by atoms with Gasteiger partial charge < -0.3 is 4.74 Å². The van der Waals surface area contributed by atoms with Crippen LogP contribution in [0.25, 0.3) is 22.4 Å². The molecule has 24 heavy (non-hydrogen) atoms. The van der Waals surface area contributed by atoms with E-state index in [4.69, 9.17) is 4.74 Å². The summed E-state index contributed by atoms with van der Waals surface area (Å²) in [5.41, 5.74) is 2.78. The van der Waals surface area contributed by atoms with Crippen molar-refractivity contribution < 1.29 is 13.9 Å². The van der Waals surface area contributed by atoms with Gasteiger partial charge in [0.25, 0.3) is 0 Å². The largest absolute Gasteiger partial charge is 0.461 e. The first-order chi connectivity index (χ1) is 11.7. The second-order valence-electron chi connectivity index (χ2n) is 5.04. The van der Waals surface area contributed by atoms with Gasteiger partial charge in [0.05, 0.1) is 12.3 Å². The zero-order chi connectivity index (χ0) is 16.9. The number of hydrogen-bond donors (Lipinski definition) is 0. The van der Waals surface area contributed by atoms with Crippen LogP contribution >= 0.6 is 0 Å². The van der Waals surface area contributed by atoms with Crippen LogP contribution in [0.5, 0.6) is 0 Å². The van der Waals surface area contributed by atoms with E-state index in [2.05, 4.69) is 9.97 Å². The number of carbonyl (C=O) groups is 1. The van der Waals surface area contributed by atoms with Gasteiger partial charge >= 0.3 is 5.97 Å². The molecule has 3 aromatic rings. The number of hydrogen-bond acceptors (Lipinski definition) is 4.